The highest BCUT2D eigenvalue weighted by Gasteiger charge is 2.45. The first-order valence-electron chi connectivity index (χ1n) is 4.22. The van der Waals surface area contributed by atoms with Gasteiger partial charge in [-0.15, -0.1) is 0 Å². The normalized spacial score (nSPS) is 17.7. The van der Waals surface area contributed by atoms with Crippen LogP contribution in [0.1, 0.15) is 19.3 Å². The molecule has 74 valence electrons. The quantitative estimate of drug-likeness (QED) is 0.561. The first-order chi connectivity index (χ1) is 6.08. The van der Waals surface area contributed by atoms with E-state index in [9.17, 15) is 9.59 Å². The molecule has 5 heteroatoms. The molecule has 0 radical (unpaired) electrons. The maximum atomic E-state index is 11.2. The smallest absolute Gasteiger partial charge is 0.307 e. The summed E-state index contributed by atoms with van der Waals surface area (Å²) in [6.07, 6.45) is 1.66. The predicted molar refractivity (Wildman–Crippen MR) is 45.8 cm³/mol. The average Bonchev–Trinajstić information content (AvgIpc) is 2.84. The lowest BCUT2D eigenvalue weighted by Gasteiger charge is -2.08. The van der Waals surface area contributed by atoms with Crippen LogP contribution in [0.5, 0.6) is 0 Å². The van der Waals surface area contributed by atoms with Crippen LogP contribution in [0.15, 0.2) is 0 Å². The fourth-order valence-electron chi connectivity index (χ4n) is 0.918. The summed E-state index contributed by atoms with van der Waals surface area (Å²) >= 11 is 0. The zero-order valence-electron chi connectivity index (χ0n) is 7.63. The number of ether oxygens (including phenoxy) is 1. The van der Waals surface area contributed by atoms with Crippen LogP contribution >= 0.6 is 0 Å². The minimum absolute atomic E-state index is 0.170. The molecule has 0 aromatic carbocycles. The van der Waals surface area contributed by atoms with Crippen molar-refractivity contribution in [2.45, 2.75) is 24.8 Å². The zero-order valence-corrected chi connectivity index (χ0v) is 7.63. The van der Waals surface area contributed by atoms with E-state index in [0.717, 1.165) is 12.8 Å². The van der Waals surface area contributed by atoms with Crippen molar-refractivity contribution in [1.29, 1.82) is 0 Å². The number of amides is 1. The van der Waals surface area contributed by atoms with E-state index in [1.165, 1.54) is 7.11 Å². The second kappa shape index (κ2) is 3.74. The molecule has 1 fully saturated rings. The number of nitrogens with one attached hydrogen (secondary N) is 1. The molecule has 0 atom stereocenters. The Morgan fingerprint density at radius 1 is 1.54 bits per heavy atom. The van der Waals surface area contributed by atoms with Gasteiger partial charge in [0.25, 0.3) is 0 Å². The summed E-state index contributed by atoms with van der Waals surface area (Å²) < 4.78 is 4.41. The number of rotatable bonds is 4. The molecule has 0 aliphatic heterocycles. The Bertz CT molecular complexity index is 223. The Morgan fingerprint density at radius 2 is 2.15 bits per heavy atom. The number of nitrogens with two attached hydrogens (primary N) is 1. The lowest BCUT2D eigenvalue weighted by Crippen LogP contribution is -2.43. The Morgan fingerprint density at radius 3 is 2.62 bits per heavy atom. The lowest BCUT2D eigenvalue weighted by atomic mass is 10.2. The summed E-state index contributed by atoms with van der Waals surface area (Å²) in [5.74, 6) is -0.501. The molecule has 1 saturated carbocycles. The van der Waals surface area contributed by atoms with Gasteiger partial charge in [-0.05, 0) is 12.8 Å². The van der Waals surface area contributed by atoms with Crippen molar-refractivity contribution in [3.8, 4) is 0 Å². The van der Waals surface area contributed by atoms with Gasteiger partial charge in [0.05, 0.1) is 19.1 Å². The number of esters is 1. The molecule has 0 heterocycles. The molecule has 0 saturated heterocycles. The molecule has 0 spiro atoms. The van der Waals surface area contributed by atoms with Crippen molar-refractivity contribution in [2.75, 3.05) is 13.7 Å². The van der Waals surface area contributed by atoms with Gasteiger partial charge in [0.2, 0.25) is 5.91 Å². The third kappa shape index (κ3) is 2.69. The minimum atomic E-state index is -0.657. The Balaban J connectivity index is 2.12. The van der Waals surface area contributed by atoms with Gasteiger partial charge < -0.3 is 15.8 Å². The molecule has 0 bridgehead atoms. The van der Waals surface area contributed by atoms with E-state index in [2.05, 4.69) is 10.1 Å². The van der Waals surface area contributed by atoms with Gasteiger partial charge in [0.15, 0.2) is 0 Å². The van der Waals surface area contributed by atoms with E-state index in [4.69, 9.17) is 5.73 Å². The molecule has 1 aliphatic carbocycles. The van der Waals surface area contributed by atoms with Crippen molar-refractivity contribution in [3.05, 3.63) is 0 Å². The average molecular weight is 186 g/mol. The van der Waals surface area contributed by atoms with Gasteiger partial charge in [-0.25, -0.2) is 0 Å². The van der Waals surface area contributed by atoms with Crippen molar-refractivity contribution in [2.24, 2.45) is 5.73 Å². The first-order valence-corrected chi connectivity index (χ1v) is 4.22. The number of hydrogen-bond donors (Lipinski definition) is 2. The largest absolute Gasteiger partial charge is 0.469 e. The van der Waals surface area contributed by atoms with Gasteiger partial charge in [-0.2, -0.15) is 0 Å². The molecule has 1 rings (SSSR count). The number of carbonyl (C=O) groups excluding carboxylic acids is 2. The van der Waals surface area contributed by atoms with Gasteiger partial charge in [-0.1, -0.05) is 0 Å². The highest BCUT2D eigenvalue weighted by atomic mass is 16.5. The van der Waals surface area contributed by atoms with Crippen LogP contribution < -0.4 is 11.1 Å². The van der Waals surface area contributed by atoms with Crippen LogP contribution in [0.2, 0.25) is 0 Å². The minimum Gasteiger partial charge on any atom is -0.469 e. The molecule has 0 unspecified atom stereocenters. The Hall–Kier alpha value is -1.10. The molecule has 1 aliphatic rings. The topological polar surface area (TPSA) is 81.4 Å². The van der Waals surface area contributed by atoms with Crippen LogP contribution in [-0.2, 0) is 14.3 Å². The first kappa shape index (κ1) is 9.98. The van der Waals surface area contributed by atoms with Crippen molar-refractivity contribution >= 4 is 11.9 Å². The van der Waals surface area contributed by atoms with E-state index in [1.807, 2.05) is 0 Å². The molecule has 0 aromatic rings. The van der Waals surface area contributed by atoms with E-state index >= 15 is 0 Å². The highest BCUT2D eigenvalue weighted by molar-refractivity contribution is 5.89. The molecular formula is C8H14N2O3. The summed E-state index contributed by atoms with van der Waals surface area (Å²) in [6, 6.07) is 0. The van der Waals surface area contributed by atoms with Gasteiger partial charge in [0.1, 0.15) is 0 Å². The number of carbonyl (C=O) groups is 2. The van der Waals surface area contributed by atoms with Crippen molar-refractivity contribution in [1.82, 2.24) is 5.32 Å². The summed E-state index contributed by atoms with van der Waals surface area (Å²) in [7, 11) is 1.31. The molecule has 1 amide bonds. The fourth-order valence-corrected chi connectivity index (χ4v) is 0.918. The zero-order chi connectivity index (χ0) is 9.90. The summed E-state index contributed by atoms with van der Waals surface area (Å²) in [5, 5.41) is 2.59. The van der Waals surface area contributed by atoms with E-state index in [-0.39, 0.29) is 18.3 Å². The SMILES string of the molecule is COC(=O)CCNC(=O)C1(N)CC1. The highest BCUT2D eigenvalue weighted by Crippen LogP contribution is 2.31. The predicted octanol–water partition coefficient (Wildman–Crippen LogP) is -0.843. The summed E-state index contributed by atoms with van der Waals surface area (Å²) in [5.41, 5.74) is 4.95. The van der Waals surface area contributed by atoms with Crippen LogP contribution in [0.25, 0.3) is 0 Å². The lowest BCUT2D eigenvalue weighted by molar-refractivity contribution is -0.140. The monoisotopic (exact) mass is 186 g/mol. The molecule has 13 heavy (non-hydrogen) atoms. The van der Waals surface area contributed by atoms with Gasteiger partial charge in [-0.3, -0.25) is 9.59 Å². The van der Waals surface area contributed by atoms with Gasteiger partial charge >= 0.3 is 5.97 Å². The van der Waals surface area contributed by atoms with Crippen LogP contribution in [-0.4, -0.2) is 31.1 Å². The Kier molecular flexibility index (Phi) is 2.87. The molecular weight excluding hydrogens is 172 g/mol. The molecule has 0 aromatic heterocycles. The molecule has 5 nitrogen and oxygen atoms in total. The summed E-state index contributed by atoms with van der Waals surface area (Å²) in [4.78, 5) is 21.9. The number of hydrogen-bond acceptors (Lipinski definition) is 4. The molecule has 3 N–H and O–H groups in total. The van der Waals surface area contributed by atoms with E-state index in [1.54, 1.807) is 0 Å². The second-order valence-corrected chi connectivity index (χ2v) is 3.24. The van der Waals surface area contributed by atoms with Crippen LogP contribution in [0.3, 0.4) is 0 Å². The fraction of sp³-hybridized carbons (Fsp3) is 0.750. The van der Waals surface area contributed by atoms with Crippen LogP contribution in [0, 0.1) is 0 Å². The maximum absolute atomic E-state index is 11.2. The van der Waals surface area contributed by atoms with Crippen molar-refractivity contribution < 1.29 is 14.3 Å². The van der Waals surface area contributed by atoms with Crippen molar-refractivity contribution in [3.63, 3.8) is 0 Å². The standard InChI is InChI=1S/C8H14N2O3/c1-13-6(11)2-5-10-7(12)8(9)3-4-8/h2-5,9H2,1H3,(H,10,12). The third-order valence-electron chi connectivity index (χ3n) is 2.08. The maximum Gasteiger partial charge on any atom is 0.307 e. The summed E-state index contributed by atoms with van der Waals surface area (Å²) in [6.45, 7) is 0.296. The second-order valence-electron chi connectivity index (χ2n) is 3.24. The third-order valence-corrected chi connectivity index (χ3v) is 2.08. The van der Waals surface area contributed by atoms with E-state index < -0.39 is 5.54 Å². The Labute approximate surface area is 76.6 Å². The van der Waals surface area contributed by atoms with E-state index in [0.29, 0.717) is 6.54 Å². The van der Waals surface area contributed by atoms with Gasteiger partial charge in [0, 0.05) is 6.54 Å². The van der Waals surface area contributed by atoms with Crippen LogP contribution in [0.4, 0.5) is 0 Å². The number of methoxy groups -OCH3 is 1.